The van der Waals surface area contributed by atoms with Crippen LogP contribution in [0.15, 0.2) is 58.2 Å². The summed E-state index contributed by atoms with van der Waals surface area (Å²) in [4.78, 5) is 24.8. The van der Waals surface area contributed by atoms with Crippen molar-refractivity contribution in [3.05, 3.63) is 59.4 Å². The number of fused-ring (bicyclic) bond motifs is 1. The van der Waals surface area contributed by atoms with Crippen LogP contribution in [0.1, 0.15) is 43.5 Å². The van der Waals surface area contributed by atoms with Crippen molar-refractivity contribution >= 4 is 22.5 Å². The Bertz CT molecular complexity index is 820. The minimum Gasteiger partial charge on any atom is -0.464 e. The minimum absolute atomic E-state index is 0.00120. The fraction of sp³-hybridized carbons (Fsp3) is 0.300. The summed E-state index contributed by atoms with van der Waals surface area (Å²) in [5, 5.41) is 0.909. The SMILES string of the molecule is CC1=C(C(=O)CCC(=O)c2ccc3occc3c2)C(C)CC=C1. The quantitative estimate of drug-likeness (QED) is 0.740. The minimum atomic E-state index is -0.00120. The van der Waals surface area contributed by atoms with Crippen molar-refractivity contribution in [2.45, 2.75) is 33.1 Å². The Hall–Kier alpha value is -2.42. The molecule has 23 heavy (non-hydrogen) atoms. The summed E-state index contributed by atoms with van der Waals surface area (Å²) in [5.41, 5.74) is 3.31. The van der Waals surface area contributed by atoms with Crippen LogP contribution in [0.2, 0.25) is 0 Å². The predicted octanol–water partition coefficient (Wildman–Crippen LogP) is 4.88. The second kappa shape index (κ2) is 6.37. The van der Waals surface area contributed by atoms with E-state index in [9.17, 15) is 9.59 Å². The van der Waals surface area contributed by atoms with Gasteiger partial charge in [0, 0.05) is 29.4 Å². The first kappa shape index (κ1) is 15.5. The molecule has 3 rings (SSSR count). The van der Waals surface area contributed by atoms with Gasteiger partial charge in [0.25, 0.3) is 0 Å². The molecule has 0 fully saturated rings. The lowest BCUT2D eigenvalue weighted by molar-refractivity contribution is -0.116. The van der Waals surface area contributed by atoms with Gasteiger partial charge < -0.3 is 4.42 Å². The number of Topliss-reactive ketones (excluding diaryl/α,β-unsaturated/α-hetero) is 2. The molecule has 0 spiro atoms. The molecule has 0 amide bonds. The molecule has 3 heteroatoms. The number of ketones is 2. The molecule has 0 bridgehead atoms. The molecule has 118 valence electrons. The van der Waals surface area contributed by atoms with Gasteiger partial charge in [-0.2, -0.15) is 0 Å². The van der Waals surface area contributed by atoms with Gasteiger partial charge in [0.15, 0.2) is 11.6 Å². The summed E-state index contributed by atoms with van der Waals surface area (Å²) in [6, 6.07) is 7.21. The van der Waals surface area contributed by atoms with E-state index in [-0.39, 0.29) is 30.3 Å². The van der Waals surface area contributed by atoms with Gasteiger partial charge in [-0.25, -0.2) is 0 Å². The third kappa shape index (κ3) is 3.19. The highest BCUT2D eigenvalue weighted by atomic mass is 16.3. The number of benzene rings is 1. The van der Waals surface area contributed by atoms with E-state index < -0.39 is 0 Å². The molecule has 1 aromatic carbocycles. The zero-order chi connectivity index (χ0) is 16.4. The fourth-order valence-electron chi connectivity index (χ4n) is 3.19. The first-order valence-corrected chi connectivity index (χ1v) is 7.97. The molecule has 1 unspecified atom stereocenters. The third-order valence-electron chi connectivity index (χ3n) is 4.43. The first-order valence-electron chi connectivity index (χ1n) is 7.97. The molecule has 3 nitrogen and oxygen atoms in total. The van der Waals surface area contributed by atoms with Crippen LogP contribution in [-0.4, -0.2) is 11.6 Å². The average molecular weight is 308 g/mol. The molecule has 1 aromatic heterocycles. The van der Waals surface area contributed by atoms with Crippen molar-refractivity contribution in [3.63, 3.8) is 0 Å². The summed E-state index contributed by atoms with van der Waals surface area (Å²) in [6.45, 7) is 4.03. The van der Waals surface area contributed by atoms with Crippen LogP contribution < -0.4 is 0 Å². The van der Waals surface area contributed by atoms with E-state index in [1.54, 1.807) is 18.4 Å². The number of hydrogen-bond acceptors (Lipinski definition) is 3. The number of carbonyl (C=O) groups is 2. The lowest BCUT2D eigenvalue weighted by atomic mass is 9.84. The number of rotatable bonds is 5. The van der Waals surface area contributed by atoms with E-state index in [2.05, 4.69) is 13.0 Å². The molecule has 1 aliphatic rings. The van der Waals surface area contributed by atoms with Gasteiger partial charge in [-0.05, 0) is 49.1 Å². The summed E-state index contributed by atoms with van der Waals surface area (Å²) < 4.78 is 5.28. The summed E-state index contributed by atoms with van der Waals surface area (Å²) >= 11 is 0. The van der Waals surface area contributed by atoms with E-state index in [0.29, 0.717) is 5.56 Å². The standard InChI is InChI=1S/C20H20O3/c1-13-4-3-5-14(2)20(13)18(22)8-7-17(21)15-6-9-19-16(12-15)10-11-23-19/h3-4,6,9-12,14H,5,7-8H2,1-2H3. The summed E-state index contributed by atoms with van der Waals surface area (Å²) in [6.07, 6.45) is 7.12. The monoisotopic (exact) mass is 308 g/mol. The largest absolute Gasteiger partial charge is 0.464 e. The Kier molecular flexibility index (Phi) is 4.28. The van der Waals surface area contributed by atoms with Crippen molar-refractivity contribution < 1.29 is 14.0 Å². The predicted molar refractivity (Wildman–Crippen MR) is 90.4 cm³/mol. The molecule has 1 aliphatic carbocycles. The van der Waals surface area contributed by atoms with E-state index >= 15 is 0 Å². The van der Waals surface area contributed by atoms with E-state index in [4.69, 9.17) is 4.42 Å². The molecular formula is C20H20O3. The van der Waals surface area contributed by atoms with Crippen LogP contribution in [0.4, 0.5) is 0 Å². The Morgan fingerprint density at radius 1 is 1.17 bits per heavy atom. The van der Waals surface area contributed by atoms with Gasteiger partial charge in [-0.1, -0.05) is 19.1 Å². The van der Waals surface area contributed by atoms with Gasteiger partial charge in [0.05, 0.1) is 6.26 Å². The normalized spacial score (nSPS) is 17.7. The van der Waals surface area contributed by atoms with E-state index in [1.807, 2.05) is 25.1 Å². The highest BCUT2D eigenvalue weighted by molar-refractivity contribution is 6.03. The van der Waals surface area contributed by atoms with Crippen molar-refractivity contribution in [1.82, 2.24) is 0 Å². The zero-order valence-corrected chi connectivity index (χ0v) is 13.5. The summed E-state index contributed by atoms with van der Waals surface area (Å²) in [5.74, 6) is 0.334. The third-order valence-corrected chi connectivity index (χ3v) is 4.43. The van der Waals surface area contributed by atoms with Crippen LogP contribution in [0.3, 0.4) is 0 Å². The second-order valence-corrected chi connectivity index (χ2v) is 6.16. The maximum Gasteiger partial charge on any atom is 0.163 e. The molecule has 0 aliphatic heterocycles. The van der Waals surface area contributed by atoms with Crippen molar-refractivity contribution in [2.75, 3.05) is 0 Å². The maximum atomic E-state index is 12.5. The average Bonchev–Trinajstić information content (AvgIpc) is 3.00. The lowest BCUT2D eigenvalue weighted by Gasteiger charge is -2.19. The molecular weight excluding hydrogens is 288 g/mol. The van der Waals surface area contributed by atoms with Gasteiger partial charge in [0.1, 0.15) is 5.58 Å². The second-order valence-electron chi connectivity index (χ2n) is 6.16. The van der Waals surface area contributed by atoms with Gasteiger partial charge in [-0.3, -0.25) is 9.59 Å². The molecule has 1 heterocycles. The number of allylic oxidation sites excluding steroid dienone is 4. The van der Waals surface area contributed by atoms with Crippen molar-refractivity contribution in [3.8, 4) is 0 Å². The molecule has 1 atom stereocenters. The molecule has 0 saturated heterocycles. The Morgan fingerprint density at radius 2 is 1.96 bits per heavy atom. The smallest absolute Gasteiger partial charge is 0.163 e. The number of furan rings is 1. The number of carbonyl (C=O) groups excluding carboxylic acids is 2. The Morgan fingerprint density at radius 3 is 2.74 bits per heavy atom. The summed E-state index contributed by atoms with van der Waals surface area (Å²) in [7, 11) is 0. The topological polar surface area (TPSA) is 47.3 Å². The van der Waals surface area contributed by atoms with Crippen LogP contribution in [0.5, 0.6) is 0 Å². The first-order chi connectivity index (χ1) is 11.1. The molecule has 2 aromatic rings. The van der Waals surface area contributed by atoms with Crippen LogP contribution in [0.25, 0.3) is 11.0 Å². The van der Waals surface area contributed by atoms with Crippen LogP contribution in [-0.2, 0) is 4.79 Å². The maximum absolute atomic E-state index is 12.5. The lowest BCUT2D eigenvalue weighted by Crippen LogP contribution is -2.15. The van der Waals surface area contributed by atoms with E-state index in [1.165, 1.54) is 0 Å². The molecule has 0 saturated carbocycles. The Labute approximate surface area is 135 Å². The highest BCUT2D eigenvalue weighted by Gasteiger charge is 2.21. The Balaban J connectivity index is 1.68. The zero-order valence-electron chi connectivity index (χ0n) is 13.5. The van der Waals surface area contributed by atoms with Gasteiger partial charge in [0.2, 0.25) is 0 Å². The number of hydrogen-bond donors (Lipinski definition) is 0. The van der Waals surface area contributed by atoms with Crippen molar-refractivity contribution in [2.24, 2.45) is 5.92 Å². The molecule has 0 radical (unpaired) electrons. The highest BCUT2D eigenvalue weighted by Crippen LogP contribution is 2.27. The van der Waals surface area contributed by atoms with Crippen LogP contribution in [0, 0.1) is 5.92 Å². The fourth-order valence-corrected chi connectivity index (χ4v) is 3.19. The van der Waals surface area contributed by atoms with Crippen molar-refractivity contribution in [1.29, 1.82) is 0 Å². The van der Waals surface area contributed by atoms with Gasteiger partial charge in [-0.15, -0.1) is 0 Å². The van der Waals surface area contributed by atoms with Crippen LogP contribution >= 0.6 is 0 Å². The van der Waals surface area contributed by atoms with Gasteiger partial charge >= 0.3 is 0 Å². The van der Waals surface area contributed by atoms with E-state index in [0.717, 1.165) is 28.5 Å². The molecule has 0 N–H and O–H groups in total.